The van der Waals surface area contributed by atoms with Crippen LogP contribution in [0.1, 0.15) is 24.6 Å². The molecule has 15 heavy (non-hydrogen) atoms. The molecule has 1 atom stereocenters. The summed E-state index contributed by atoms with van der Waals surface area (Å²) >= 11 is 0. The molecule has 0 amide bonds. The van der Waals surface area contributed by atoms with E-state index in [0.29, 0.717) is 5.69 Å². The van der Waals surface area contributed by atoms with E-state index < -0.39 is 18.6 Å². The van der Waals surface area contributed by atoms with Crippen LogP contribution in [0.5, 0.6) is 0 Å². The zero-order valence-electron chi connectivity index (χ0n) is 7.83. The van der Waals surface area contributed by atoms with Crippen LogP contribution >= 0.6 is 0 Å². The highest BCUT2D eigenvalue weighted by atomic mass is 19.4. The van der Waals surface area contributed by atoms with Crippen molar-refractivity contribution >= 4 is 0 Å². The number of hydrogen-bond acceptors (Lipinski definition) is 4. The summed E-state index contributed by atoms with van der Waals surface area (Å²) in [4.78, 5) is 7.50. The van der Waals surface area contributed by atoms with Gasteiger partial charge in [-0.05, 0) is 12.5 Å². The van der Waals surface area contributed by atoms with E-state index in [2.05, 4.69) is 15.4 Å². The molecule has 0 aliphatic rings. The van der Waals surface area contributed by atoms with Crippen molar-refractivity contribution in [2.75, 3.05) is 0 Å². The lowest BCUT2D eigenvalue weighted by Gasteiger charge is -2.15. The number of rotatable bonds is 4. The Morgan fingerprint density at radius 1 is 1.47 bits per heavy atom. The topological polar surface area (TPSA) is 63.8 Å². The highest BCUT2D eigenvalue weighted by Crippen LogP contribution is 2.26. The van der Waals surface area contributed by atoms with Gasteiger partial charge in [0.05, 0.1) is 11.7 Å². The van der Waals surface area contributed by atoms with Gasteiger partial charge >= 0.3 is 6.18 Å². The summed E-state index contributed by atoms with van der Waals surface area (Å²) in [5, 5.41) is 0. The van der Waals surface area contributed by atoms with Crippen LogP contribution in [0.2, 0.25) is 0 Å². The Balaban J connectivity index is 2.58. The van der Waals surface area contributed by atoms with Crippen molar-refractivity contribution in [2.24, 2.45) is 5.84 Å². The standard InChI is InChI=1S/C8H11F3N4/c9-8(10,11)3-1-7(15-12)6-2-4-13-5-14-6/h2,4-5,7,15H,1,3,12H2. The minimum Gasteiger partial charge on any atom is -0.271 e. The molecule has 84 valence electrons. The predicted octanol–water partition coefficient (Wildman–Crippen LogP) is 1.32. The average Bonchev–Trinajstić information content (AvgIpc) is 2.19. The molecule has 1 rings (SSSR count). The monoisotopic (exact) mass is 220 g/mol. The van der Waals surface area contributed by atoms with Gasteiger partial charge in [-0.1, -0.05) is 0 Å². The molecule has 7 heteroatoms. The molecular weight excluding hydrogens is 209 g/mol. The average molecular weight is 220 g/mol. The largest absolute Gasteiger partial charge is 0.389 e. The highest BCUT2D eigenvalue weighted by Gasteiger charge is 2.28. The Morgan fingerprint density at radius 2 is 2.20 bits per heavy atom. The molecule has 4 nitrogen and oxygen atoms in total. The Labute approximate surface area is 84.7 Å². The number of aromatic nitrogens is 2. The molecule has 1 heterocycles. The second-order valence-corrected chi connectivity index (χ2v) is 3.01. The number of hydrazine groups is 1. The van der Waals surface area contributed by atoms with Crippen molar-refractivity contribution in [3.63, 3.8) is 0 Å². The minimum atomic E-state index is -4.18. The zero-order valence-corrected chi connectivity index (χ0v) is 7.83. The third-order valence-electron chi connectivity index (χ3n) is 1.88. The van der Waals surface area contributed by atoms with Gasteiger partial charge < -0.3 is 0 Å². The van der Waals surface area contributed by atoms with Crippen LogP contribution in [-0.2, 0) is 0 Å². The lowest BCUT2D eigenvalue weighted by Crippen LogP contribution is -2.29. The summed E-state index contributed by atoms with van der Waals surface area (Å²) in [5.74, 6) is 5.16. The molecule has 0 spiro atoms. The lowest BCUT2D eigenvalue weighted by molar-refractivity contribution is -0.136. The van der Waals surface area contributed by atoms with E-state index in [1.165, 1.54) is 18.6 Å². The number of hydrogen-bond donors (Lipinski definition) is 2. The lowest BCUT2D eigenvalue weighted by atomic mass is 10.1. The van der Waals surface area contributed by atoms with Crippen molar-refractivity contribution < 1.29 is 13.2 Å². The maximum absolute atomic E-state index is 12.0. The van der Waals surface area contributed by atoms with Crippen LogP contribution < -0.4 is 11.3 Å². The van der Waals surface area contributed by atoms with E-state index >= 15 is 0 Å². The Morgan fingerprint density at radius 3 is 2.67 bits per heavy atom. The normalized spacial score (nSPS) is 13.9. The highest BCUT2D eigenvalue weighted by molar-refractivity contribution is 5.04. The zero-order chi connectivity index (χ0) is 11.3. The second-order valence-electron chi connectivity index (χ2n) is 3.01. The summed E-state index contributed by atoms with van der Waals surface area (Å²) in [5.41, 5.74) is 2.76. The molecule has 1 unspecified atom stereocenters. The number of nitrogens with two attached hydrogens (primary N) is 1. The van der Waals surface area contributed by atoms with Gasteiger partial charge in [0, 0.05) is 12.6 Å². The van der Waals surface area contributed by atoms with Crippen molar-refractivity contribution in [1.82, 2.24) is 15.4 Å². The number of nitrogens with one attached hydrogen (secondary N) is 1. The van der Waals surface area contributed by atoms with Crippen LogP contribution in [0.3, 0.4) is 0 Å². The number of alkyl halides is 3. The van der Waals surface area contributed by atoms with E-state index in [4.69, 9.17) is 5.84 Å². The first kappa shape index (κ1) is 11.9. The van der Waals surface area contributed by atoms with E-state index in [0.717, 1.165) is 0 Å². The third-order valence-corrected chi connectivity index (χ3v) is 1.88. The van der Waals surface area contributed by atoms with E-state index in [1.54, 1.807) is 0 Å². The molecule has 0 saturated heterocycles. The van der Waals surface area contributed by atoms with Crippen LogP contribution in [0, 0.1) is 0 Å². The fourth-order valence-corrected chi connectivity index (χ4v) is 1.13. The molecule has 0 saturated carbocycles. The summed E-state index contributed by atoms with van der Waals surface area (Å²) in [7, 11) is 0. The molecular formula is C8H11F3N4. The van der Waals surface area contributed by atoms with Gasteiger partial charge in [-0.25, -0.2) is 9.97 Å². The van der Waals surface area contributed by atoms with E-state index in [1.807, 2.05) is 0 Å². The fraction of sp³-hybridized carbons (Fsp3) is 0.500. The van der Waals surface area contributed by atoms with Gasteiger partial charge in [0.25, 0.3) is 0 Å². The Kier molecular flexibility index (Phi) is 3.98. The first-order valence-corrected chi connectivity index (χ1v) is 4.31. The molecule has 3 N–H and O–H groups in total. The first-order chi connectivity index (χ1) is 7.03. The fourth-order valence-electron chi connectivity index (χ4n) is 1.13. The summed E-state index contributed by atoms with van der Waals surface area (Å²) in [6.45, 7) is 0. The molecule has 1 aromatic heterocycles. The molecule has 0 aliphatic heterocycles. The SMILES string of the molecule is NNC(CCC(F)(F)F)c1ccncn1. The molecule has 0 fully saturated rings. The van der Waals surface area contributed by atoms with Gasteiger partial charge in [-0.3, -0.25) is 11.3 Å². The molecule has 0 aliphatic carbocycles. The maximum atomic E-state index is 12.0. The second kappa shape index (κ2) is 5.04. The molecule has 0 aromatic carbocycles. The van der Waals surface area contributed by atoms with Crippen molar-refractivity contribution in [2.45, 2.75) is 25.1 Å². The van der Waals surface area contributed by atoms with Crippen LogP contribution in [0.4, 0.5) is 13.2 Å². The van der Waals surface area contributed by atoms with Crippen LogP contribution in [0.15, 0.2) is 18.6 Å². The van der Waals surface area contributed by atoms with E-state index in [-0.39, 0.29) is 6.42 Å². The van der Waals surface area contributed by atoms with Crippen LogP contribution in [-0.4, -0.2) is 16.1 Å². The Hall–Kier alpha value is -1.21. The summed E-state index contributed by atoms with van der Waals surface area (Å²) < 4.78 is 35.9. The minimum absolute atomic E-state index is 0.142. The van der Waals surface area contributed by atoms with Gasteiger partial charge in [0.2, 0.25) is 0 Å². The van der Waals surface area contributed by atoms with Gasteiger partial charge in [0.1, 0.15) is 6.33 Å². The first-order valence-electron chi connectivity index (χ1n) is 4.31. The predicted molar refractivity (Wildman–Crippen MR) is 47.4 cm³/mol. The van der Waals surface area contributed by atoms with Crippen molar-refractivity contribution in [3.05, 3.63) is 24.3 Å². The van der Waals surface area contributed by atoms with Gasteiger partial charge in [-0.15, -0.1) is 0 Å². The quantitative estimate of drug-likeness (QED) is 0.593. The van der Waals surface area contributed by atoms with Crippen LogP contribution in [0.25, 0.3) is 0 Å². The molecule has 0 radical (unpaired) electrons. The van der Waals surface area contributed by atoms with E-state index in [9.17, 15) is 13.2 Å². The Bertz CT molecular complexity index is 288. The van der Waals surface area contributed by atoms with Crippen molar-refractivity contribution in [3.8, 4) is 0 Å². The number of halogens is 3. The van der Waals surface area contributed by atoms with Gasteiger partial charge in [-0.2, -0.15) is 13.2 Å². The third kappa shape index (κ3) is 4.22. The van der Waals surface area contributed by atoms with Gasteiger partial charge in [0.15, 0.2) is 0 Å². The molecule has 1 aromatic rings. The maximum Gasteiger partial charge on any atom is 0.389 e. The summed E-state index contributed by atoms with van der Waals surface area (Å²) in [6, 6.07) is 0.926. The smallest absolute Gasteiger partial charge is 0.271 e. The molecule has 0 bridgehead atoms. The van der Waals surface area contributed by atoms with Crippen molar-refractivity contribution in [1.29, 1.82) is 0 Å². The summed E-state index contributed by atoms with van der Waals surface area (Å²) in [6.07, 6.45) is -2.49. The number of nitrogens with zero attached hydrogens (tertiary/aromatic N) is 2.